The quantitative estimate of drug-likeness (QED) is 0.568. The third-order valence-corrected chi connectivity index (χ3v) is 6.73. The summed E-state index contributed by atoms with van der Waals surface area (Å²) in [6.07, 6.45) is 2.24. The number of alkyl halides is 3. The number of carbonyl (C=O) groups is 1. The van der Waals surface area contributed by atoms with Gasteiger partial charge >= 0.3 is 6.18 Å². The van der Waals surface area contributed by atoms with Gasteiger partial charge in [0.2, 0.25) is 0 Å². The third-order valence-electron chi connectivity index (χ3n) is 6.73. The van der Waals surface area contributed by atoms with Gasteiger partial charge in [0.15, 0.2) is 5.82 Å². The number of carbonyl (C=O) groups excluding carboxylic acids is 1. The molecule has 2 saturated heterocycles. The Labute approximate surface area is 200 Å². The van der Waals surface area contributed by atoms with Gasteiger partial charge in [-0.1, -0.05) is 12.1 Å². The Kier molecular flexibility index (Phi) is 6.04. The molecule has 3 atom stereocenters. The first-order valence-electron chi connectivity index (χ1n) is 11.4. The fourth-order valence-electron chi connectivity index (χ4n) is 5.11. The number of fused-ring (bicyclic) bond motifs is 3. The highest BCUT2D eigenvalue weighted by atomic mass is 19.4. The van der Waals surface area contributed by atoms with Gasteiger partial charge in [-0.2, -0.15) is 13.2 Å². The predicted molar refractivity (Wildman–Crippen MR) is 123 cm³/mol. The van der Waals surface area contributed by atoms with Gasteiger partial charge in [0.05, 0.1) is 24.3 Å². The van der Waals surface area contributed by atoms with Crippen LogP contribution in [0.4, 0.5) is 19.0 Å². The van der Waals surface area contributed by atoms with Crippen molar-refractivity contribution in [3.05, 3.63) is 66.1 Å². The Balaban J connectivity index is 1.43. The summed E-state index contributed by atoms with van der Waals surface area (Å²) in [4.78, 5) is 28.4. The van der Waals surface area contributed by atoms with Gasteiger partial charge in [-0.3, -0.25) is 4.79 Å². The molecule has 3 fully saturated rings. The highest BCUT2D eigenvalue weighted by Crippen LogP contribution is 2.40. The normalized spacial score (nSPS) is 21.6. The predicted octanol–water partition coefficient (Wildman–Crippen LogP) is 4.67. The van der Waals surface area contributed by atoms with Gasteiger partial charge in [0, 0.05) is 36.7 Å². The van der Waals surface area contributed by atoms with Crippen LogP contribution >= 0.6 is 0 Å². The van der Waals surface area contributed by atoms with E-state index < -0.39 is 11.7 Å². The van der Waals surface area contributed by atoms with E-state index in [0.717, 1.165) is 31.5 Å². The average Bonchev–Trinajstić information content (AvgIpc) is 2.88. The molecule has 0 unspecified atom stereocenters. The molecule has 4 heterocycles. The van der Waals surface area contributed by atoms with E-state index in [1.807, 2.05) is 4.90 Å². The number of aromatic nitrogens is 3. The average molecular weight is 483 g/mol. The summed E-state index contributed by atoms with van der Waals surface area (Å²) in [5.74, 6) is 1.34. The number of benzene rings is 1. The van der Waals surface area contributed by atoms with Crippen molar-refractivity contribution in [1.82, 2.24) is 19.9 Å². The van der Waals surface area contributed by atoms with Crippen LogP contribution in [-0.4, -0.2) is 51.5 Å². The Morgan fingerprint density at radius 2 is 1.89 bits per heavy atom. The second kappa shape index (κ2) is 9.16. The highest BCUT2D eigenvalue weighted by molar-refractivity contribution is 6.03. The molecule has 1 aromatic carbocycles. The first kappa shape index (κ1) is 23.1. The molecule has 10 heteroatoms. The minimum atomic E-state index is -4.44. The standard InChI is InChI=1S/C25H24F3N5O2/c1-35-20-5-2-4-17(23-29-10-3-11-30-23)22(20)24(34)33-14-15-6-8-19(33)18(12-15)32-21-9-7-16(13-31-21)25(26,27)28/h2-5,7,9-11,13,15,18-19H,6,8,12,14H2,1H3,(H,31,32)/t15-,18+,19-/m0/s1. The van der Waals surface area contributed by atoms with E-state index in [1.54, 1.807) is 36.7 Å². The number of halogens is 3. The number of hydrogen-bond donors (Lipinski definition) is 1. The molecule has 0 spiro atoms. The maximum atomic E-state index is 13.9. The smallest absolute Gasteiger partial charge is 0.417 e. The lowest BCUT2D eigenvalue weighted by Crippen LogP contribution is -2.59. The zero-order chi connectivity index (χ0) is 24.6. The van der Waals surface area contributed by atoms with E-state index in [-0.39, 0.29) is 23.9 Å². The van der Waals surface area contributed by atoms with Crippen molar-refractivity contribution >= 4 is 11.7 Å². The van der Waals surface area contributed by atoms with Crippen molar-refractivity contribution in [2.75, 3.05) is 19.0 Å². The van der Waals surface area contributed by atoms with Gasteiger partial charge in [0.1, 0.15) is 11.6 Å². The van der Waals surface area contributed by atoms with E-state index in [2.05, 4.69) is 20.3 Å². The van der Waals surface area contributed by atoms with Crippen molar-refractivity contribution in [1.29, 1.82) is 0 Å². The van der Waals surface area contributed by atoms with Crippen molar-refractivity contribution in [3.63, 3.8) is 0 Å². The van der Waals surface area contributed by atoms with Gasteiger partial charge in [-0.15, -0.1) is 0 Å². The Morgan fingerprint density at radius 1 is 1.09 bits per heavy atom. The van der Waals surface area contributed by atoms with Crippen molar-refractivity contribution in [2.24, 2.45) is 5.92 Å². The van der Waals surface area contributed by atoms with Crippen molar-refractivity contribution in [3.8, 4) is 17.1 Å². The first-order chi connectivity index (χ1) is 16.8. The zero-order valence-electron chi connectivity index (χ0n) is 19.0. The second-order valence-corrected chi connectivity index (χ2v) is 8.84. The van der Waals surface area contributed by atoms with Crippen LogP contribution in [0.15, 0.2) is 55.0 Å². The van der Waals surface area contributed by atoms with Gasteiger partial charge in [0.25, 0.3) is 5.91 Å². The van der Waals surface area contributed by atoms with E-state index in [0.29, 0.717) is 35.1 Å². The molecule has 35 heavy (non-hydrogen) atoms. The molecule has 182 valence electrons. The SMILES string of the molecule is COc1cccc(-c2ncccn2)c1C(=O)N1C[C@H]2CC[C@H]1[C@H](Nc1ccc(C(F)(F)F)cn1)C2. The van der Waals surface area contributed by atoms with Crippen LogP contribution in [0.2, 0.25) is 0 Å². The number of hydrogen-bond acceptors (Lipinski definition) is 6. The number of nitrogens with one attached hydrogen (secondary N) is 1. The molecule has 6 rings (SSSR count). The molecular weight excluding hydrogens is 459 g/mol. The topological polar surface area (TPSA) is 80.2 Å². The summed E-state index contributed by atoms with van der Waals surface area (Å²) in [7, 11) is 1.52. The lowest BCUT2D eigenvalue weighted by atomic mass is 9.76. The zero-order valence-corrected chi connectivity index (χ0v) is 19.0. The minimum Gasteiger partial charge on any atom is -0.496 e. The van der Waals surface area contributed by atoms with Crippen LogP contribution in [0.3, 0.4) is 0 Å². The molecule has 1 N–H and O–H groups in total. The van der Waals surface area contributed by atoms with E-state index >= 15 is 0 Å². The number of piperidine rings is 2. The van der Waals surface area contributed by atoms with E-state index in [9.17, 15) is 18.0 Å². The van der Waals surface area contributed by atoms with Crippen LogP contribution in [0.1, 0.15) is 35.2 Å². The Morgan fingerprint density at radius 3 is 2.54 bits per heavy atom. The lowest BCUT2D eigenvalue weighted by molar-refractivity contribution is -0.137. The van der Waals surface area contributed by atoms with Gasteiger partial charge < -0.3 is 15.0 Å². The molecule has 1 saturated carbocycles. The largest absolute Gasteiger partial charge is 0.496 e. The van der Waals surface area contributed by atoms with Gasteiger partial charge in [-0.25, -0.2) is 15.0 Å². The molecule has 2 aromatic heterocycles. The fraction of sp³-hybridized carbons (Fsp3) is 0.360. The summed E-state index contributed by atoms with van der Waals surface area (Å²) >= 11 is 0. The number of amides is 1. The number of ether oxygens (including phenoxy) is 1. The number of nitrogens with zero attached hydrogens (tertiary/aromatic N) is 4. The van der Waals surface area contributed by atoms with E-state index in [1.165, 1.54) is 13.2 Å². The highest BCUT2D eigenvalue weighted by Gasteiger charge is 2.44. The third kappa shape index (κ3) is 4.52. The molecule has 1 amide bonds. The summed E-state index contributed by atoms with van der Waals surface area (Å²) < 4.78 is 44.2. The van der Waals surface area contributed by atoms with Crippen LogP contribution in [0.25, 0.3) is 11.4 Å². The summed E-state index contributed by atoms with van der Waals surface area (Å²) in [5.41, 5.74) is 0.197. The van der Waals surface area contributed by atoms with Crippen LogP contribution in [0, 0.1) is 5.92 Å². The lowest BCUT2D eigenvalue weighted by Gasteiger charge is -2.50. The summed E-state index contributed by atoms with van der Waals surface area (Å²) in [5, 5.41) is 3.27. The Bertz CT molecular complexity index is 1200. The molecular formula is C25H24F3N5O2. The van der Waals surface area contributed by atoms with E-state index in [4.69, 9.17) is 4.74 Å². The van der Waals surface area contributed by atoms with Crippen LogP contribution in [-0.2, 0) is 6.18 Å². The van der Waals surface area contributed by atoms with Crippen molar-refractivity contribution < 1.29 is 22.7 Å². The van der Waals surface area contributed by atoms with Crippen LogP contribution < -0.4 is 10.1 Å². The molecule has 7 nitrogen and oxygen atoms in total. The van der Waals surface area contributed by atoms with Crippen LogP contribution in [0.5, 0.6) is 5.75 Å². The molecule has 3 aliphatic rings. The first-order valence-corrected chi connectivity index (χ1v) is 11.4. The molecule has 3 aromatic rings. The maximum absolute atomic E-state index is 13.9. The molecule has 1 aliphatic carbocycles. The minimum absolute atomic E-state index is 0.123. The fourth-order valence-corrected chi connectivity index (χ4v) is 5.11. The number of anilines is 1. The summed E-state index contributed by atoms with van der Waals surface area (Å²) in [6.45, 7) is 0.606. The molecule has 2 bridgehead atoms. The molecule has 0 radical (unpaired) electrons. The van der Waals surface area contributed by atoms with Crippen molar-refractivity contribution in [2.45, 2.75) is 37.5 Å². The Hall–Kier alpha value is -3.69. The number of rotatable bonds is 5. The monoisotopic (exact) mass is 483 g/mol. The molecule has 2 aliphatic heterocycles. The second-order valence-electron chi connectivity index (χ2n) is 8.84. The summed E-state index contributed by atoms with van der Waals surface area (Å²) in [6, 6.07) is 9.14. The number of pyridine rings is 1. The number of methoxy groups -OCH3 is 1. The van der Waals surface area contributed by atoms with Gasteiger partial charge in [-0.05, 0) is 49.4 Å². The maximum Gasteiger partial charge on any atom is 0.417 e.